The van der Waals surface area contributed by atoms with Crippen molar-refractivity contribution in [1.29, 1.82) is 0 Å². The highest BCUT2D eigenvalue weighted by atomic mass is 79.9. The molecule has 0 aliphatic carbocycles. The summed E-state index contributed by atoms with van der Waals surface area (Å²) in [6, 6.07) is 13.2. The second kappa shape index (κ2) is 12.9. The summed E-state index contributed by atoms with van der Waals surface area (Å²) in [5, 5.41) is 0.561. The van der Waals surface area contributed by atoms with E-state index in [0.29, 0.717) is 20.8 Å². The maximum Gasteiger partial charge on any atom is 0.434 e. The van der Waals surface area contributed by atoms with Crippen molar-refractivity contribution in [3.05, 3.63) is 129 Å². The Morgan fingerprint density at radius 1 is 1.11 bits per heavy atom. The van der Waals surface area contributed by atoms with Gasteiger partial charge in [0.05, 0.1) is 27.2 Å². The summed E-state index contributed by atoms with van der Waals surface area (Å²) < 4.78 is 69.6. The van der Waals surface area contributed by atoms with E-state index in [2.05, 4.69) is 20.9 Å². The first-order valence-corrected chi connectivity index (χ1v) is 15.2. The van der Waals surface area contributed by atoms with Crippen LogP contribution in [-0.4, -0.2) is 23.3 Å². The topological polar surface area (TPSA) is 69.9 Å². The first kappa shape index (κ1) is 32.0. The monoisotopic (exact) mass is 728 g/mol. The predicted molar refractivity (Wildman–Crippen MR) is 162 cm³/mol. The van der Waals surface area contributed by atoms with Gasteiger partial charge in [-0.25, -0.2) is 14.2 Å². The maximum atomic E-state index is 14.4. The Bertz CT molecular complexity index is 1970. The van der Waals surface area contributed by atoms with E-state index in [4.69, 9.17) is 32.7 Å². The number of rotatable bonds is 7. The lowest BCUT2D eigenvalue weighted by atomic mass is 9.95. The molecular weight excluding hydrogens is 711 g/mol. The van der Waals surface area contributed by atoms with Gasteiger partial charge in [-0.3, -0.25) is 9.36 Å². The summed E-state index contributed by atoms with van der Waals surface area (Å²) in [5.41, 5.74) is -2.29. The fourth-order valence-electron chi connectivity index (χ4n) is 4.55. The van der Waals surface area contributed by atoms with E-state index in [9.17, 15) is 27.2 Å². The van der Waals surface area contributed by atoms with Crippen molar-refractivity contribution < 1.29 is 31.8 Å². The van der Waals surface area contributed by atoms with Gasteiger partial charge in [-0.1, -0.05) is 64.9 Å². The molecule has 1 atom stereocenters. The van der Waals surface area contributed by atoms with Crippen LogP contribution in [-0.2, 0) is 16.1 Å². The van der Waals surface area contributed by atoms with Crippen LogP contribution in [0.1, 0.15) is 29.7 Å². The van der Waals surface area contributed by atoms with Crippen LogP contribution >= 0.6 is 50.5 Å². The lowest BCUT2D eigenvalue weighted by molar-refractivity contribution is -0.140. The van der Waals surface area contributed by atoms with Gasteiger partial charge in [-0.2, -0.15) is 13.2 Å². The number of benzene rings is 3. The van der Waals surface area contributed by atoms with Gasteiger partial charge < -0.3 is 9.47 Å². The third kappa shape index (κ3) is 6.49. The Labute approximate surface area is 269 Å². The summed E-state index contributed by atoms with van der Waals surface area (Å²) in [5.74, 6) is -1.53. The molecule has 3 aromatic carbocycles. The lowest BCUT2D eigenvalue weighted by Crippen LogP contribution is -2.41. The van der Waals surface area contributed by atoms with Crippen LogP contribution in [0.4, 0.5) is 17.6 Å². The number of halogens is 7. The van der Waals surface area contributed by atoms with Crippen molar-refractivity contribution >= 4 is 62.5 Å². The van der Waals surface area contributed by atoms with E-state index in [1.54, 1.807) is 18.2 Å². The number of allylic oxidation sites excluding steroid dienone is 1. The van der Waals surface area contributed by atoms with Gasteiger partial charge >= 0.3 is 12.1 Å². The minimum absolute atomic E-state index is 0.0285. The highest BCUT2D eigenvalue weighted by Crippen LogP contribution is 2.39. The molecule has 0 spiro atoms. The molecule has 1 aliphatic rings. The maximum absolute atomic E-state index is 14.4. The normalized spacial score (nSPS) is 15.2. The molecule has 0 saturated carbocycles. The molecule has 1 aromatic heterocycles. The Morgan fingerprint density at radius 3 is 2.48 bits per heavy atom. The predicted octanol–water partition coefficient (Wildman–Crippen LogP) is 7.13. The minimum Gasteiger partial charge on any atom is -0.487 e. The molecule has 228 valence electrons. The molecule has 6 nitrogen and oxygen atoms in total. The smallest absolute Gasteiger partial charge is 0.434 e. The highest BCUT2D eigenvalue weighted by Gasteiger charge is 2.45. The Balaban J connectivity index is 1.72. The molecule has 0 fully saturated rings. The number of carbonyl (C=O) groups is 1. The van der Waals surface area contributed by atoms with E-state index in [1.165, 1.54) is 55.5 Å². The average Bonchev–Trinajstić information content (AvgIpc) is 3.27. The fourth-order valence-corrected chi connectivity index (χ4v) is 6.61. The van der Waals surface area contributed by atoms with Gasteiger partial charge in [0.2, 0.25) is 0 Å². The molecule has 1 aliphatic heterocycles. The zero-order chi connectivity index (χ0) is 31.8. The molecule has 4 aromatic rings. The number of hydrogen-bond acceptors (Lipinski definition) is 6. The van der Waals surface area contributed by atoms with Gasteiger partial charge in [0, 0.05) is 21.2 Å². The summed E-state index contributed by atoms with van der Waals surface area (Å²) in [7, 11) is 0. The summed E-state index contributed by atoms with van der Waals surface area (Å²) in [6.07, 6.45) is -3.66. The number of thiazole rings is 1. The van der Waals surface area contributed by atoms with Crippen LogP contribution in [0.2, 0.25) is 10.0 Å². The number of aromatic nitrogens is 1. The van der Waals surface area contributed by atoms with Crippen molar-refractivity contribution in [3.63, 3.8) is 0 Å². The van der Waals surface area contributed by atoms with Crippen LogP contribution in [0.15, 0.2) is 86.2 Å². The molecule has 0 saturated heterocycles. The Morgan fingerprint density at radius 2 is 1.82 bits per heavy atom. The number of alkyl halides is 3. The standard InChI is InChI=1S/C30H19BrCl2F4N2O4S/c1-2-42-28(41)23-24(15-7-9-18(32)10-8-15)39-27(40)22(44-29(39)38-26(23)30(35,36)37)12-17-11-19(33)13-20(31)25(17)43-14-16-5-3-4-6-21(16)34/h3-13,24H,2,14H2,1H3/b22-12-/t24-/m0/s1. The summed E-state index contributed by atoms with van der Waals surface area (Å²) >= 11 is 16.4. The summed E-state index contributed by atoms with van der Waals surface area (Å²) in [4.78, 5) is 30.4. The van der Waals surface area contributed by atoms with Crippen LogP contribution in [0.25, 0.3) is 6.08 Å². The molecule has 2 heterocycles. The molecular formula is C30H19BrCl2F4N2O4S. The van der Waals surface area contributed by atoms with Gasteiger partial charge in [0.1, 0.15) is 18.2 Å². The minimum atomic E-state index is -5.05. The van der Waals surface area contributed by atoms with Crippen molar-refractivity contribution in [2.45, 2.75) is 25.7 Å². The molecule has 14 heteroatoms. The lowest BCUT2D eigenvalue weighted by Gasteiger charge is -2.26. The van der Waals surface area contributed by atoms with E-state index in [0.717, 1.165) is 4.57 Å². The molecule has 0 amide bonds. The molecule has 0 bridgehead atoms. The number of ether oxygens (including phenoxy) is 2. The number of esters is 1. The van der Waals surface area contributed by atoms with E-state index in [-0.39, 0.29) is 50.0 Å². The Hall–Kier alpha value is -3.45. The third-order valence-corrected chi connectivity index (χ3v) is 8.48. The van der Waals surface area contributed by atoms with Crippen LogP contribution in [0.3, 0.4) is 0 Å². The van der Waals surface area contributed by atoms with Gasteiger partial charge in [0.15, 0.2) is 10.5 Å². The quantitative estimate of drug-likeness (QED) is 0.150. The molecule has 44 heavy (non-hydrogen) atoms. The van der Waals surface area contributed by atoms with Crippen molar-refractivity contribution in [1.82, 2.24) is 4.57 Å². The number of hydrogen-bond donors (Lipinski definition) is 0. The van der Waals surface area contributed by atoms with E-state index < -0.39 is 40.8 Å². The van der Waals surface area contributed by atoms with Crippen molar-refractivity contribution in [2.24, 2.45) is 4.99 Å². The first-order valence-electron chi connectivity index (χ1n) is 12.8. The van der Waals surface area contributed by atoms with Crippen LogP contribution in [0.5, 0.6) is 5.75 Å². The Kier molecular flexibility index (Phi) is 9.36. The van der Waals surface area contributed by atoms with Gasteiger partial charge in [-0.05, 0) is 64.8 Å². The number of nitrogens with zero attached hydrogens (tertiary/aromatic N) is 2. The number of carbonyl (C=O) groups excluding carboxylic acids is 1. The van der Waals surface area contributed by atoms with Crippen LogP contribution < -0.4 is 19.6 Å². The van der Waals surface area contributed by atoms with Gasteiger partial charge in [0.25, 0.3) is 5.56 Å². The zero-order valence-corrected chi connectivity index (χ0v) is 26.3. The first-order chi connectivity index (χ1) is 20.9. The molecule has 0 radical (unpaired) electrons. The van der Waals surface area contributed by atoms with Crippen LogP contribution in [0, 0.1) is 5.82 Å². The van der Waals surface area contributed by atoms with E-state index >= 15 is 0 Å². The largest absolute Gasteiger partial charge is 0.487 e. The third-order valence-electron chi connectivity index (χ3n) is 6.43. The SMILES string of the molecule is CCOC(=O)C1=C(C(F)(F)F)N=c2s/c(=C\c3cc(Cl)cc(Br)c3OCc3ccccc3F)c(=O)n2[C@H]1c1ccc(Cl)cc1. The second-order valence-corrected chi connectivity index (χ2v) is 12.0. The highest BCUT2D eigenvalue weighted by molar-refractivity contribution is 9.10. The molecule has 0 N–H and O–H groups in total. The second-order valence-electron chi connectivity index (χ2n) is 9.30. The average molecular weight is 730 g/mol. The van der Waals surface area contributed by atoms with Crippen molar-refractivity contribution in [2.75, 3.05) is 6.61 Å². The van der Waals surface area contributed by atoms with Crippen molar-refractivity contribution in [3.8, 4) is 5.75 Å². The van der Waals surface area contributed by atoms with E-state index in [1.807, 2.05) is 0 Å². The van der Waals surface area contributed by atoms with Gasteiger partial charge in [-0.15, -0.1) is 0 Å². The molecule has 5 rings (SSSR count). The molecule has 0 unspecified atom stereocenters. The zero-order valence-electron chi connectivity index (χ0n) is 22.4. The summed E-state index contributed by atoms with van der Waals surface area (Å²) in [6.45, 7) is 1.08. The fraction of sp³-hybridized carbons (Fsp3) is 0.167. The number of fused-ring (bicyclic) bond motifs is 1.